The molecule has 4 fully saturated rings. The van der Waals surface area contributed by atoms with Gasteiger partial charge in [-0.3, -0.25) is 14.4 Å². The lowest BCUT2D eigenvalue weighted by Gasteiger charge is -2.62. The van der Waals surface area contributed by atoms with Crippen molar-refractivity contribution in [3.05, 3.63) is 46.1 Å². The largest absolute Gasteiger partial charge is 0.451 e. The van der Waals surface area contributed by atoms with E-state index >= 15 is 0 Å². The minimum absolute atomic E-state index is 0.0160. The van der Waals surface area contributed by atoms with Crippen LogP contribution in [0.5, 0.6) is 0 Å². The lowest BCUT2D eigenvalue weighted by atomic mass is 9.43. The summed E-state index contributed by atoms with van der Waals surface area (Å²) in [5.41, 5.74) is 7.56. The van der Waals surface area contributed by atoms with Crippen LogP contribution >= 0.6 is 0 Å². The number of carbonyl (C=O) groups excluding carboxylic acids is 3. The molecule has 0 aromatic rings. The van der Waals surface area contributed by atoms with Gasteiger partial charge in [-0.2, -0.15) is 0 Å². The quantitative estimate of drug-likeness (QED) is 0.213. The molecule has 0 saturated heterocycles. The van der Waals surface area contributed by atoms with Gasteiger partial charge in [-0.05, 0) is 198 Å². The normalized spacial score (nSPS) is 44.7. The van der Waals surface area contributed by atoms with Crippen LogP contribution in [0.2, 0.25) is 0 Å². The molecular weight excluding hydrogens is 729 g/mol. The average Bonchev–Trinajstić information content (AvgIpc) is 3.61. The molecule has 59 heavy (non-hydrogen) atoms. The zero-order valence-corrected chi connectivity index (χ0v) is 39.7. The second-order valence-electron chi connectivity index (χ2n) is 23.6. The third kappa shape index (κ3) is 6.63. The molecule has 0 bridgehead atoms. The molecule has 5 heteroatoms. The van der Waals surface area contributed by atoms with Crippen molar-refractivity contribution >= 4 is 17.5 Å². The van der Waals surface area contributed by atoms with Crippen molar-refractivity contribution in [1.82, 2.24) is 0 Å². The smallest absolute Gasteiger partial charge is 0.303 e. The Kier molecular flexibility index (Phi) is 11.6. The van der Waals surface area contributed by atoms with Gasteiger partial charge in [0, 0.05) is 18.8 Å². The van der Waals surface area contributed by atoms with Gasteiger partial charge < -0.3 is 9.84 Å². The van der Waals surface area contributed by atoms with E-state index in [1.54, 1.807) is 6.92 Å². The summed E-state index contributed by atoms with van der Waals surface area (Å²) in [4.78, 5) is 36.8. The summed E-state index contributed by atoms with van der Waals surface area (Å²) in [6, 6.07) is 0. The number of ether oxygens (including phenoxy) is 1. The van der Waals surface area contributed by atoms with Crippen LogP contribution in [0.3, 0.4) is 0 Å². The first-order valence-electron chi connectivity index (χ1n) is 24.1. The van der Waals surface area contributed by atoms with E-state index in [9.17, 15) is 19.5 Å². The molecule has 5 nitrogen and oxygen atoms in total. The Balaban J connectivity index is 0.000000180. The van der Waals surface area contributed by atoms with E-state index in [4.69, 9.17) is 4.74 Å². The van der Waals surface area contributed by atoms with Gasteiger partial charge in [-0.15, -0.1) is 0 Å². The summed E-state index contributed by atoms with van der Waals surface area (Å²) < 4.78 is 5.82. The van der Waals surface area contributed by atoms with Crippen LogP contribution < -0.4 is 0 Å². The first-order valence-corrected chi connectivity index (χ1v) is 24.1. The van der Waals surface area contributed by atoms with E-state index in [2.05, 4.69) is 88.3 Å². The van der Waals surface area contributed by atoms with Gasteiger partial charge in [0.25, 0.3) is 0 Å². The number of carbonyl (C=O) groups is 3. The second-order valence-corrected chi connectivity index (χ2v) is 23.6. The number of hydrogen-bond acceptors (Lipinski definition) is 5. The van der Waals surface area contributed by atoms with E-state index in [0.29, 0.717) is 52.8 Å². The Morgan fingerprint density at radius 3 is 2.15 bits per heavy atom. The number of esters is 1. The van der Waals surface area contributed by atoms with Gasteiger partial charge >= 0.3 is 5.97 Å². The Bertz CT molecular complexity index is 1860. The van der Waals surface area contributed by atoms with Crippen molar-refractivity contribution in [1.29, 1.82) is 0 Å². The molecule has 0 heterocycles. The third-order valence-electron chi connectivity index (χ3n) is 20.5. The van der Waals surface area contributed by atoms with Crippen molar-refractivity contribution in [3.8, 4) is 0 Å². The van der Waals surface area contributed by atoms with Crippen LogP contribution in [0.25, 0.3) is 0 Å². The van der Waals surface area contributed by atoms with Gasteiger partial charge in [0.15, 0.2) is 17.2 Å². The summed E-state index contributed by atoms with van der Waals surface area (Å²) in [6.07, 6.45) is 24.4. The van der Waals surface area contributed by atoms with Crippen molar-refractivity contribution in [2.24, 2.45) is 68.0 Å². The first-order chi connectivity index (χ1) is 27.4. The fourth-order valence-electron chi connectivity index (χ4n) is 16.9. The molecular formula is C54H82O5. The number of allylic oxidation sites excluding steroid dienone is 8. The van der Waals surface area contributed by atoms with Gasteiger partial charge in [0.1, 0.15) is 0 Å². The molecule has 0 aliphatic heterocycles. The lowest BCUT2D eigenvalue weighted by molar-refractivity contribution is -0.185. The molecule has 0 amide bonds. The molecule has 0 aromatic carbocycles. The monoisotopic (exact) mass is 811 g/mol. The van der Waals surface area contributed by atoms with Crippen LogP contribution in [-0.2, 0) is 19.1 Å². The number of ketones is 2. The summed E-state index contributed by atoms with van der Waals surface area (Å²) in [5, 5.41) is 10.8. The second kappa shape index (κ2) is 15.2. The topological polar surface area (TPSA) is 80.7 Å². The van der Waals surface area contributed by atoms with Crippen molar-refractivity contribution in [2.75, 3.05) is 0 Å². The zero-order valence-electron chi connectivity index (χ0n) is 39.7. The Hall–Kier alpha value is -2.27. The lowest BCUT2D eigenvalue weighted by Crippen LogP contribution is -2.58. The highest BCUT2D eigenvalue weighted by Crippen LogP contribution is 2.73. The third-order valence-corrected chi connectivity index (χ3v) is 20.5. The Morgan fingerprint density at radius 1 is 0.797 bits per heavy atom. The molecule has 8 aliphatic rings. The number of rotatable bonds is 6. The summed E-state index contributed by atoms with van der Waals surface area (Å²) in [7, 11) is 0. The van der Waals surface area contributed by atoms with E-state index in [1.807, 2.05) is 17.2 Å². The Morgan fingerprint density at radius 2 is 1.49 bits per heavy atom. The predicted octanol–water partition coefficient (Wildman–Crippen LogP) is 13.1. The van der Waals surface area contributed by atoms with Crippen LogP contribution in [0.1, 0.15) is 193 Å². The van der Waals surface area contributed by atoms with Crippen molar-refractivity contribution < 1.29 is 24.2 Å². The molecule has 8 aliphatic carbocycles. The van der Waals surface area contributed by atoms with Gasteiger partial charge in [-0.25, -0.2) is 0 Å². The minimum atomic E-state index is -0.990. The predicted molar refractivity (Wildman–Crippen MR) is 239 cm³/mol. The highest BCUT2D eigenvalue weighted by molar-refractivity contribution is 5.92. The molecule has 8 rings (SSSR count). The summed E-state index contributed by atoms with van der Waals surface area (Å²) in [6.45, 7) is 29.3. The highest BCUT2D eigenvalue weighted by atomic mass is 16.6. The van der Waals surface area contributed by atoms with E-state index in [-0.39, 0.29) is 39.9 Å². The van der Waals surface area contributed by atoms with E-state index in [0.717, 1.165) is 43.9 Å². The molecule has 0 radical (unpaired) electrons. The molecule has 13 atom stereocenters. The first kappa shape index (κ1) is 44.8. The molecule has 4 saturated carbocycles. The fraction of sp³-hybridized carbons (Fsp3) is 0.796. The van der Waals surface area contributed by atoms with Crippen LogP contribution in [0.4, 0.5) is 0 Å². The maximum atomic E-state index is 12.8. The maximum absolute atomic E-state index is 12.8. The standard InChI is InChI=1S/C30H50O.C24H32O4/c1-20(2)10-9-11-21(3)22-14-18-30(8)24-12-13-25-27(4,5)26(31)16-17-28(25,6)23(24)15-19-29(22,30)7;1-14-12-18-19(22(4)9-6-17(27)13-21(14)22)7-10-23(5)20(18)8-11-24(23,15(2)25)28-16(3)26/h10,21-22,25-26,31H,9,11-19H2,1-8H3;12-13,18-20H,6-11H2,1-5H3. The summed E-state index contributed by atoms with van der Waals surface area (Å²) in [5.74, 6) is 3.35. The van der Waals surface area contributed by atoms with Gasteiger partial charge in [0.2, 0.25) is 0 Å². The summed E-state index contributed by atoms with van der Waals surface area (Å²) >= 11 is 0. The molecule has 13 unspecified atom stereocenters. The molecule has 0 spiro atoms. The van der Waals surface area contributed by atoms with E-state index < -0.39 is 5.60 Å². The number of fused-ring (bicyclic) bond motifs is 9. The van der Waals surface area contributed by atoms with E-state index in [1.165, 1.54) is 81.4 Å². The highest BCUT2D eigenvalue weighted by Gasteiger charge is 2.68. The van der Waals surface area contributed by atoms with Crippen LogP contribution in [0, 0.1) is 68.0 Å². The van der Waals surface area contributed by atoms with Crippen molar-refractivity contribution in [3.63, 3.8) is 0 Å². The van der Waals surface area contributed by atoms with Crippen molar-refractivity contribution in [2.45, 2.75) is 204 Å². The fourth-order valence-corrected chi connectivity index (χ4v) is 16.9. The number of aliphatic hydroxyl groups excluding tert-OH is 1. The SMILES string of the molecule is CC(=O)OC1(C(C)=O)CCC2C3C=C(C)C4=CC(=O)CCC4(C)C3CCC21C.CC(C)=CCCC(C)C1CCC2(C)C3=C(CCC12C)C1(C)CCC(O)C(C)(C)C1CC3. The molecule has 0 aromatic heterocycles. The van der Waals surface area contributed by atoms with Crippen LogP contribution in [0.15, 0.2) is 46.1 Å². The van der Waals surface area contributed by atoms with Gasteiger partial charge in [-0.1, -0.05) is 89.8 Å². The molecule has 1 N–H and O–H groups in total. The van der Waals surface area contributed by atoms with Gasteiger partial charge in [0.05, 0.1) is 6.10 Å². The minimum Gasteiger partial charge on any atom is -0.451 e. The number of aliphatic hydroxyl groups is 1. The number of Topliss-reactive ketones (excluding diaryl/α,β-unsaturated/α-hetero) is 1. The maximum Gasteiger partial charge on any atom is 0.303 e. The average molecular weight is 811 g/mol. The van der Waals surface area contributed by atoms with Crippen LogP contribution in [-0.4, -0.2) is 34.3 Å². The number of hydrogen-bond donors (Lipinski definition) is 1. The zero-order chi connectivity index (χ0) is 43.3. The Labute approximate surface area is 359 Å². The molecule has 328 valence electrons.